The minimum atomic E-state index is 0.345. The van der Waals surface area contributed by atoms with Crippen LogP contribution < -0.4 is 10.1 Å². The predicted molar refractivity (Wildman–Crippen MR) is 117 cm³/mol. The molecule has 0 radical (unpaired) electrons. The van der Waals surface area contributed by atoms with Crippen molar-refractivity contribution < 1.29 is 4.74 Å². The van der Waals surface area contributed by atoms with Gasteiger partial charge in [0.1, 0.15) is 17.3 Å². The first-order chi connectivity index (χ1) is 13.0. The van der Waals surface area contributed by atoms with Gasteiger partial charge in [-0.3, -0.25) is 0 Å². The molecule has 0 unspecified atom stereocenters. The molecule has 0 aliphatic rings. The molecule has 0 spiro atoms. The summed E-state index contributed by atoms with van der Waals surface area (Å²) in [5.74, 6) is 0.584. The van der Waals surface area contributed by atoms with Gasteiger partial charge in [-0.1, -0.05) is 77.4 Å². The second-order valence-corrected chi connectivity index (χ2v) is 7.49. The van der Waals surface area contributed by atoms with Gasteiger partial charge in [0.15, 0.2) is 0 Å². The monoisotopic (exact) mass is 435 g/mol. The van der Waals surface area contributed by atoms with Gasteiger partial charge >= 0.3 is 0 Å². The Morgan fingerprint density at radius 3 is 2.33 bits per heavy atom. The van der Waals surface area contributed by atoms with Crippen LogP contribution in [0.3, 0.4) is 0 Å². The van der Waals surface area contributed by atoms with Gasteiger partial charge in [0.25, 0.3) is 0 Å². The second-order valence-electron chi connectivity index (χ2n) is 5.83. The van der Waals surface area contributed by atoms with E-state index in [2.05, 4.69) is 5.32 Å². The normalized spacial score (nSPS) is 10.5. The highest BCUT2D eigenvalue weighted by Crippen LogP contribution is 2.27. The maximum Gasteiger partial charge on any atom is 0.138 e. The van der Waals surface area contributed by atoms with Gasteiger partial charge in [-0.05, 0) is 42.0 Å². The SMILES string of the molecule is S=C(NCc1ccc(Cl)cc1)c1ccc(OCc2ccccc2Cl)c(Cl)c1. The number of rotatable bonds is 6. The van der Waals surface area contributed by atoms with E-state index < -0.39 is 0 Å². The van der Waals surface area contributed by atoms with Gasteiger partial charge in [0.2, 0.25) is 0 Å². The fourth-order valence-corrected chi connectivity index (χ4v) is 3.17. The van der Waals surface area contributed by atoms with E-state index in [0.29, 0.717) is 39.0 Å². The van der Waals surface area contributed by atoms with E-state index in [-0.39, 0.29) is 0 Å². The van der Waals surface area contributed by atoms with Crippen molar-refractivity contribution in [3.63, 3.8) is 0 Å². The summed E-state index contributed by atoms with van der Waals surface area (Å²) in [5, 5.41) is 5.09. The van der Waals surface area contributed by atoms with Crippen molar-refractivity contribution >= 4 is 52.0 Å². The molecule has 0 fully saturated rings. The Morgan fingerprint density at radius 2 is 1.63 bits per heavy atom. The first-order valence-corrected chi connectivity index (χ1v) is 9.75. The average Bonchev–Trinajstić information content (AvgIpc) is 2.67. The zero-order valence-electron chi connectivity index (χ0n) is 14.2. The van der Waals surface area contributed by atoms with Crippen LogP contribution in [0, 0.1) is 0 Å². The molecule has 3 aromatic carbocycles. The molecule has 0 bridgehead atoms. The van der Waals surface area contributed by atoms with Crippen LogP contribution in [0.2, 0.25) is 15.1 Å². The van der Waals surface area contributed by atoms with Crippen molar-refractivity contribution in [1.82, 2.24) is 5.32 Å². The number of halogens is 3. The van der Waals surface area contributed by atoms with Crippen molar-refractivity contribution in [2.75, 3.05) is 0 Å². The van der Waals surface area contributed by atoms with Crippen LogP contribution in [0.4, 0.5) is 0 Å². The Hall–Kier alpha value is -1.78. The molecule has 0 aliphatic carbocycles. The highest BCUT2D eigenvalue weighted by molar-refractivity contribution is 7.80. The lowest BCUT2D eigenvalue weighted by molar-refractivity contribution is 0.306. The van der Waals surface area contributed by atoms with Crippen LogP contribution in [-0.4, -0.2) is 4.99 Å². The lowest BCUT2D eigenvalue weighted by atomic mass is 10.2. The smallest absolute Gasteiger partial charge is 0.138 e. The number of nitrogens with one attached hydrogen (secondary N) is 1. The standard InChI is InChI=1S/C21H16Cl3NOS/c22-17-8-5-14(6-9-17)12-25-21(27)15-7-10-20(19(24)11-15)26-13-16-3-1-2-4-18(16)23/h1-11H,12-13H2,(H,25,27). The number of thiocarbonyl (C=S) groups is 1. The fourth-order valence-electron chi connectivity index (χ4n) is 2.42. The zero-order valence-corrected chi connectivity index (χ0v) is 17.3. The van der Waals surface area contributed by atoms with Crippen LogP contribution in [0.5, 0.6) is 5.75 Å². The van der Waals surface area contributed by atoms with Crippen molar-refractivity contribution in [3.05, 3.63) is 98.5 Å². The minimum Gasteiger partial charge on any atom is -0.487 e. The highest BCUT2D eigenvalue weighted by Gasteiger charge is 2.08. The van der Waals surface area contributed by atoms with Crippen LogP contribution >= 0.6 is 47.0 Å². The summed E-state index contributed by atoms with van der Waals surface area (Å²) in [6.07, 6.45) is 0. The fraction of sp³-hybridized carbons (Fsp3) is 0.0952. The van der Waals surface area contributed by atoms with Gasteiger partial charge in [0, 0.05) is 27.7 Å². The topological polar surface area (TPSA) is 21.3 Å². The molecular formula is C21H16Cl3NOS. The van der Waals surface area contributed by atoms with Gasteiger partial charge in [-0.2, -0.15) is 0 Å². The van der Waals surface area contributed by atoms with E-state index in [0.717, 1.165) is 16.7 Å². The van der Waals surface area contributed by atoms with Crippen LogP contribution in [-0.2, 0) is 13.2 Å². The Balaban J connectivity index is 1.60. The molecule has 3 rings (SSSR count). The summed E-state index contributed by atoms with van der Waals surface area (Å²) >= 11 is 23.8. The molecule has 1 N–H and O–H groups in total. The van der Waals surface area contributed by atoms with Crippen molar-refractivity contribution in [3.8, 4) is 5.75 Å². The van der Waals surface area contributed by atoms with Crippen LogP contribution in [0.15, 0.2) is 66.7 Å². The van der Waals surface area contributed by atoms with Gasteiger partial charge in [0.05, 0.1) is 5.02 Å². The molecule has 0 aromatic heterocycles. The summed E-state index contributed by atoms with van der Waals surface area (Å²) < 4.78 is 5.79. The molecule has 0 amide bonds. The molecule has 0 atom stereocenters. The lowest BCUT2D eigenvalue weighted by Gasteiger charge is -2.12. The third-order valence-electron chi connectivity index (χ3n) is 3.90. The number of hydrogen-bond donors (Lipinski definition) is 1. The van der Waals surface area contributed by atoms with E-state index in [1.54, 1.807) is 6.07 Å². The van der Waals surface area contributed by atoms with Gasteiger partial charge in [-0.15, -0.1) is 0 Å². The van der Waals surface area contributed by atoms with E-state index >= 15 is 0 Å². The molecule has 3 aromatic rings. The van der Waals surface area contributed by atoms with E-state index in [1.165, 1.54) is 0 Å². The Kier molecular flexibility index (Phi) is 6.97. The minimum absolute atomic E-state index is 0.345. The predicted octanol–water partition coefficient (Wildman–Crippen LogP) is 6.69. The lowest BCUT2D eigenvalue weighted by Crippen LogP contribution is -2.21. The third-order valence-corrected chi connectivity index (χ3v) is 5.20. The summed E-state index contributed by atoms with van der Waals surface area (Å²) in [4.78, 5) is 0.615. The van der Waals surface area contributed by atoms with Crippen molar-refractivity contribution in [1.29, 1.82) is 0 Å². The summed E-state index contributed by atoms with van der Waals surface area (Å²) in [6, 6.07) is 20.6. The Bertz CT molecular complexity index is 944. The molecule has 0 saturated carbocycles. The molecule has 0 aliphatic heterocycles. The number of ether oxygens (including phenoxy) is 1. The van der Waals surface area contributed by atoms with E-state index in [4.69, 9.17) is 51.8 Å². The van der Waals surface area contributed by atoms with Crippen LogP contribution in [0.25, 0.3) is 0 Å². The highest BCUT2D eigenvalue weighted by atomic mass is 35.5. The first kappa shape index (κ1) is 20.0. The quantitative estimate of drug-likeness (QED) is 0.435. The number of hydrogen-bond acceptors (Lipinski definition) is 2. The Morgan fingerprint density at radius 1 is 0.889 bits per heavy atom. The third kappa shape index (κ3) is 5.60. The zero-order chi connectivity index (χ0) is 19.2. The summed E-state index contributed by atoms with van der Waals surface area (Å²) in [7, 11) is 0. The average molecular weight is 437 g/mol. The van der Waals surface area contributed by atoms with Crippen LogP contribution in [0.1, 0.15) is 16.7 Å². The molecule has 138 valence electrons. The van der Waals surface area contributed by atoms with E-state index in [9.17, 15) is 0 Å². The van der Waals surface area contributed by atoms with E-state index in [1.807, 2.05) is 60.7 Å². The van der Waals surface area contributed by atoms with Crippen molar-refractivity contribution in [2.24, 2.45) is 0 Å². The van der Waals surface area contributed by atoms with Gasteiger partial charge < -0.3 is 10.1 Å². The maximum atomic E-state index is 6.35. The van der Waals surface area contributed by atoms with Gasteiger partial charge in [-0.25, -0.2) is 0 Å². The maximum absolute atomic E-state index is 6.35. The first-order valence-electron chi connectivity index (χ1n) is 8.21. The molecule has 2 nitrogen and oxygen atoms in total. The van der Waals surface area contributed by atoms with Crippen molar-refractivity contribution in [2.45, 2.75) is 13.2 Å². The number of benzene rings is 3. The molecule has 6 heteroatoms. The molecule has 0 heterocycles. The summed E-state index contributed by atoms with van der Waals surface area (Å²) in [5.41, 5.74) is 2.82. The molecule has 0 saturated heterocycles. The second kappa shape index (κ2) is 9.43. The largest absolute Gasteiger partial charge is 0.487 e. The summed E-state index contributed by atoms with van der Waals surface area (Å²) in [6.45, 7) is 0.955. The Labute approximate surface area is 179 Å². The molecular weight excluding hydrogens is 421 g/mol. The molecule has 27 heavy (non-hydrogen) atoms.